The van der Waals surface area contributed by atoms with E-state index >= 15 is 0 Å². The monoisotopic (exact) mass is 664 g/mol. The van der Waals surface area contributed by atoms with Gasteiger partial charge in [-0.15, -0.1) is 0 Å². The molecule has 0 bridgehead atoms. The van der Waals surface area contributed by atoms with Crippen molar-refractivity contribution in [2.75, 3.05) is 25.0 Å². The number of urea groups is 1. The predicted octanol–water partition coefficient (Wildman–Crippen LogP) is 5.35. The topological polar surface area (TPSA) is 138 Å². The summed E-state index contributed by atoms with van der Waals surface area (Å²) in [5.74, 6) is 0.139. The molecule has 4 N–H and O–H groups in total. The lowest BCUT2D eigenvalue weighted by atomic mass is 9.75. The van der Waals surface area contributed by atoms with Gasteiger partial charge >= 0.3 is 12.0 Å². The van der Waals surface area contributed by atoms with Crippen LogP contribution in [0.15, 0.2) is 48.5 Å². The van der Waals surface area contributed by atoms with E-state index in [9.17, 15) is 19.5 Å². The molecule has 2 heterocycles. The summed E-state index contributed by atoms with van der Waals surface area (Å²) >= 11 is 0. The van der Waals surface area contributed by atoms with Crippen LogP contribution in [-0.2, 0) is 30.4 Å². The fourth-order valence-electron chi connectivity index (χ4n) is 7.30. The van der Waals surface area contributed by atoms with Crippen LogP contribution in [0.2, 0.25) is 0 Å². The summed E-state index contributed by atoms with van der Waals surface area (Å²) in [6.45, 7) is 8.34. The molecule has 11 nitrogen and oxygen atoms in total. The SMILES string of the molecule is CCOC(=O)CNC(=O)Nc1cccc(C2OC(CN3C(C(=O)NC(C)(C)C)CCC4CCCCC43)CC(c3ccc(CO)cc3)O2)c1. The number of carbonyl (C=O) groups excluding carboxylic acids is 3. The summed E-state index contributed by atoms with van der Waals surface area (Å²) < 4.78 is 18.2. The molecule has 3 aliphatic rings. The summed E-state index contributed by atoms with van der Waals surface area (Å²) in [4.78, 5) is 40.3. The van der Waals surface area contributed by atoms with Gasteiger partial charge in [0, 0.05) is 35.8 Å². The number of aliphatic hydroxyl groups is 1. The van der Waals surface area contributed by atoms with Gasteiger partial charge in [-0.3, -0.25) is 14.5 Å². The number of nitrogens with one attached hydrogen (secondary N) is 3. The number of ether oxygens (including phenoxy) is 3. The number of esters is 1. The summed E-state index contributed by atoms with van der Waals surface area (Å²) in [5, 5.41) is 18.1. The Morgan fingerprint density at radius 1 is 0.979 bits per heavy atom. The molecule has 0 aromatic heterocycles. The van der Waals surface area contributed by atoms with Gasteiger partial charge in [-0.25, -0.2) is 4.79 Å². The van der Waals surface area contributed by atoms with Gasteiger partial charge in [0.2, 0.25) is 5.91 Å². The van der Waals surface area contributed by atoms with E-state index in [0.717, 1.165) is 42.4 Å². The van der Waals surface area contributed by atoms with Gasteiger partial charge in [0.05, 0.1) is 31.5 Å². The summed E-state index contributed by atoms with van der Waals surface area (Å²) in [5.41, 5.74) is 2.73. The van der Waals surface area contributed by atoms with Gasteiger partial charge in [-0.2, -0.15) is 0 Å². The average Bonchev–Trinajstić information content (AvgIpc) is 3.07. The summed E-state index contributed by atoms with van der Waals surface area (Å²) in [6, 6.07) is 14.6. The van der Waals surface area contributed by atoms with E-state index in [0.29, 0.717) is 30.6 Å². The zero-order valence-corrected chi connectivity index (χ0v) is 28.7. The van der Waals surface area contributed by atoms with Crippen molar-refractivity contribution in [2.24, 2.45) is 5.92 Å². The quantitative estimate of drug-likeness (QED) is 0.250. The Balaban J connectivity index is 1.38. The molecule has 262 valence electrons. The molecule has 2 aliphatic heterocycles. The van der Waals surface area contributed by atoms with Crippen molar-refractivity contribution in [3.05, 3.63) is 65.2 Å². The van der Waals surface area contributed by atoms with Gasteiger partial charge in [-0.05, 0) is 82.6 Å². The highest BCUT2D eigenvalue weighted by Crippen LogP contribution is 2.42. The molecule has 6 atom stereocenters. The first kappa shape index (κ1) is 35.8. The molecule has 1 saturated carbocycles. The third kappa shape index (κ3) is 9.56. The molecule has 6 unspecified atom stereocenters. The van der Waals surface area contributed by atoms with Crippen molar-refractivity contribution in [1.82, 2.24) is 15.5 Å². The van der Waals surface area contributed by atoms with Crippen molar-refractivity contribution in [1.29, 1.82) is 0 Å². The minimum absolute atomic E-state index is 0.0388. The van der Waals surface area contributed by atoms with Crippen LogP contribution in [0, 0.1) is 5.92 Å². The van der Waals surface area contributed by atoms with Crippen LogP contribution in [-0.4, -0.2) is 71.3 Å². The van der Waals surface area contributed by atoms with E-state index in [1.165, 1.54) is 12.8 Å². The van der Waals surface area contributed by atoms with Crippen molar-refractivity contribution < 1.29 is 33.7 Å². The largest absolute Gasteiger partial charge is 0.465 e. The number of carbonyl (C=O) groups is 3. The van der Waals surface area contributed by atoms with Crippen LogP contribution in [0.3, 0.4) is 0 Å². The minimum atomic E-state index is -0.732. The second-order valence-corrected chi connectivity index (χ2v) is 14.2. The van der Waals surface area contributed by atoms with Crippen LogP contribution in [0.25, 0.3) is 0 Å². The number of hydrogen-bond donors (Lipinski definition) is 4. The molecule has 2 saturated heterocycles. The lowest BCUT2D eigenvalue weighted by Crippen LogP contribution is -2.61. The normalized spacial score (nSPS) is 26.2. The van der Waals surface area contributed by atoms with Gasteiger partial charge in [0.25, 0.3) is 0 Å². The number of rotatable bonds is 10. The maximum atomic E-state index is 13.7. The number of nitrogens with zero attached hydrogens (tertiary/aromatic N) is 1. The van der Waals surface area contributed by atoms with Crippen LogP contribution in [0.4, 0.5) is 10.5 Å². The van der Waals surface area contributed by atoms with E-state index < -0.39 is 18.3 Å². The van der Waals surface area contributed by atoms with Gasteiger partial charge < -0.3 is 35.3 Å². The highest BCUT2D eigenvalue weighted by atomic mass is 16.7. The van der Waals surface area contributed by atoms with Crippen molar-refractivity contribution in [3.63, 3.8) is 0 Å². The minimum Gasteiger partial charge on any atom is -0.465 e. The first-order valence-electron chi connectivity index (χ1n) is 17.4. The standard InChI is InChI=1S/C37H52N4O7/c1-5-46-33(43)21-38-36(45)39-28-11-8-10-27(19-28)35-47-29(20-32(48-35)26-15-13-24(23-42)14-16-26)22-41-30-12-7-6-9-25(30)17-18-31(41)34(44)40-37(2,3)4/h8,10-11,13-16,19,25,29-32,35,42H,5-7,9,12,17-18,20-23H2,1-4H3,(H,40,44)(H2,38,39,45). The van der Waals surface area contributed by atoms with E-state index in [4.69, 9.17) is 14.2 Å². The zero-order valence-electron chi connectivity index (χ0n) is 28.7. The maximum Gasteiger partial charge on any atom is 0.325 e. The molecule has 0 spiro atoms. The Hall–Kier alpha value is -3.51. The van der Waals surface area contributed by atoms with Crippen molar-refractivity contribution in [2.45, 2.75) is 115 Å². The number of anilines is 1. The van der Waals surface area contributed by atoms with Gasteiger partial charge in [-0.1, -0.05) is 49.2 Å². The second-order valence-electron chi connectivity index (χ2n) is 14.2. The predicted molar refractivity (Wildman–Crippen MR) is 182 cm³/mol. The number of piperidine rings is 1. The van der Waals surface area contributed by atoms with E-state index in [2.05, 4.69) is 20.9 Å². The summed E-state index contributed by atoms with van der Waals surface area (Å²) in [6.07, 6.45) is 5.90. The first-order chi connectivity index (χ1) is 23.0. The molecule has 1 aliphatic carbocycles. The maximum absolute atomic E-state index is 13.7. The smallest absolute Gasteiger partial charge is 0.325 e. The van der Waals surface area contributed by atoms with E-state index in [1.54, 1.807) is 19.1 Å². The Morgan fingerprint density at radius 2 is 1.75 bits per heavy atom. The van der Waals surface area contributed by atoms with Crippen LogP contribution in [0.1, 0.15) is 102 Å². The van der Waals surface area contributed by atoms with Gasteiger partial charge in [0.1, 0.15) is 6.54 Å². The van der Waals surface area contributed by atoms with Crippen molar-refractivity contribution in [3.8, 4) is 0 Å². The lowest BCUT2D eigenvalue weighted by molar-refractivity contribution is -0.255. The zero-order chi connectivity index (χ0) is 34.3. The second kappa shape index (κ2) is 16.3. The lowest BCUT2D eigenvalue weighted by Gasteiger charge is -2.50. The Bertz CT molecular complexity index is 1390. The number of likely N-dealkylation sites (tertiary alicyclic amines) is 1. The van der Waals surface area contributed by atoms with E-state index in [-0.39, 0.29) is 49.5 Å². The molecular weight excluding hydrogens is 612 g/mol. The fraction of sp³-hybridized carbons (Fsp3) is 0.595. The Morgan fingerprint density at radius 3 is 2.48 bits per heavy atom. The first-order valence-corrected chi connectivity index (χ1v) is 17.4. The number of aliphatic hydroxyl groups excluding tert-OH is 1. The summed E-state index contributed by atoms with van der Waals surface area (Å²) in [7, 11) is 0. The number of hydrogen-bond acceptors (Lipinski definition) is 8. The average molecular weight is 665 g/mol. The molecule has 3 amide bonds. The molecule has 3 fully saturated rings. The van der Waals surface area contributed by atoms with Crippen LogP contribution < -0.4 is 16.0 Å². The van der Waals surface area contributed by atoms with Crippen molar-refractivity contribution >= 4 is 23.6 Å². The molecule has 11 heteroatoms. The Labute approximate surface area is 284 Å². The highest BCUT2D eigenvalue weighted by Gasteiger charge is 2.44. The van der Waals surface area contributed by atoms with Crippen LogP contribution in [0.5, 0.6) is 0 Å². The molecule has 0 radical (unpaired) electrons. The number of fused-ring (bicyclic) bond motifs is 1. The molecule has 2 aromatic rings. The van der Waals surface area contributed by atoms with Crippen LogP contribution >= 0.6 is 0 Å². The highest BCUT2D eigenvalue weighted by molar-refractivity contribution is 5.91. The molecule has 2 aromatic carbocycles. The van der Waals surface area contributed by atoms with E-state index in [1.807, 2.05) is 57.2 Å². The molecular formula is C37H52N4O7. The number of amides is 3. The Kier molecular flexibility index (Phi) is 12.1. The third-order valence-electron chi connectivity index (χ3n) is 9.45. The third-order valence-corrected chi connectivity index (χ3v) is 9.45. The number of benzene rings is 2. The molecule has 48 heavy (non-hydrogen) atoms. The van der Waals surface area contributed by atoms with Gasteiger partial charge in [0.15, 0.2) is 6.29 Å². The molecule has 5 rings (SSSR count). The fourth-order valence-corrected chi connectivity index (χ4v) is 7.30.